The lowest BCUT2D eigenvalue weighted by atomic mass is 10.3. The zero-order chi connectivity index (χ0) is 13.7. The minimum absolute atomic E-state index is 0.620. The number of benzene rings is 1. The van der Waals surface area contributed by atoms with Crippen LogP contribution in [0.2, 0.25) is 5.02 Å². The Morgan fingerprint density at radius 1 is 1.42 bits per heavy atom. The van der Waals surface area contributed by atoms with E-state index in [0.717, 1.165) is 11.4 Å². The Morgan fingerprint density at radius 2 is 2.26 bits per heavy atom. The first kappa shape index (κ1) is 13.8. The van der Waals surface area contributed by atoms with Crippen LogP contribution in [0.25, 0.3) is 0 Å². The molecule has 1 heterocycles. The van der Waals surface area contributed by atoms with Crippen LogP contribution in [0.1, 0.15) is 12.6 Å². The summed E-state index contributed by atoms with van der Waals surface area (Å²) in [5.74, 6) is 0. The van der Waals surface area contributed by atoms with Crippen molar-refractivity contribution < 1.29 is 0 Å². The molecule has 0 unspecified atom stereocenters. The number of hydrogen-bond acceptors (Lipinski definition) is 6. The number of aromatic nitrogens is 3. The van der Waals surface area contributed by atoms with Crippen LogP contribution in [-0.4, -0.2) is 27.1 Å². The van der Waals surface area contributed by atoms with Crippen LogP contribution in [0.15, 0.2) is 40.7 Å². The number of hydrogen-bond donors (Lipinski definition) is 1. The molecule has 0 aliphatic carbocycles. The number of nitrogens with one attached hydrogen (secondary N) is 1. The van der Waals surface area contributed by atoms with Crippen molar-refractivity contribution in [1.29, 1.82) is 0 Å². The Kier molecular flexibility index (Phi) is 4.70. The molecular formula is C12H12ClN5S. The summed E-state index contributed by atoms with van der Waals surface area (Å²) in [6.07, 6.45) is 3.48. The van der Waals surface area contributed by atoms with Crippen molar-refractivity contribution in [2.75, 3.05) is 11.7 Å². The summed E-state index contributed by atoms with van der Waals surface area (Å²) in [6, 6.07) is 7.34. The van der Waals surface area contributed by atoms with Gasteiger partial charge in [0.2, 0.25) is 5.16 Å². The van der Waals surface area contributed by atoms with Crippen molar-refractivity contribution in [3.63, 3.8) is 0 Å². The third-order valence-electron chi connectivity index (χ3n) is 2.27. The van der Waals surface area contributed by atoms with Crippen molar-refractivity contribution in [2.45, 2.75) is 12.1 Å². The van der Waals surface area contributed by atoms with E-state index in [1.165, 1.54) is 11.8 Å². The van der Waals surface area contributed by atoms with Gasteiger partial charge in [-0.1, -0.05) is 29.4 Å². The molecule has 1 N–H and O–H groups in total. The lowest BCUT2D eigenvalue weighted by Gasteiger charge is -2.03. The van der Waals surface area contributed by atoms with Crippen LogP contribution in [-0.2, 0) is 0 Å². The van der Waals surface area contributed by atoms with Crippen LogP contribution in [0.4, 0.5) is 5.69 Å². The van der Waals surface area contributed by atoms with Crippen molar-refractivity contribution in [1.82, 2.24) is 15.2 Å². The van der Waals surface area contributed by atoms with E-state index in [4.69, 9.17) is 11.6 Å². The fourth-order valence-corrected chi connectivity index (χ4v) is 1.82. The molecule has 0 spiro atoms. The van der Waals surface area contributed by atoms with Crippen LogP contribution < -0.4 is 5.43 Å². The number of rotatable bonds is 4. The number of thioether (sulfide) groups is 1. The average molecular weight is 294 g/mol. The lowest BCUT2D eigenvalue weighted by Crippen LogP contribution is -2.05. The first-order valence-corrected chi connectivity index (χ1v) is 7.09. The SMILES string of the molecule is CSc1nncc(/C(C)=N/Nc2cccc(Cl)c2)n1. The van der Waals surface area contributed by atoms with E-state index < -0.39 is 0 Å². The van der Waals surface area contributed by atoms with Gasteiger partial charge in [-0.25, -0.2) is 4.98 Å². The molecule has 0 fully saturated rings. The first-order valence-electron chi connectivity index (χ1n) is 5.49. The maximum absolute atomic E-state index is 5.89. The summed E-state index contributed by atoms with van der Waals surface area (Å²) in [7, 11) is 0. The van der Waals surface area contributed by atoms with Crippen molar-refractivity contribution >= 4 is 34.8 Å². The second-order valence-corrected chi connectivity index (χ2v) is 4.86. The number of nitrogens with zero attached hydrogens (tertiary/aromatic N) is 4. The van der Waals surface area contributed by atoms with Crippen LogP contribution >= 0.6 is 23.4 Å². The van der Waals surface area contributed by atoms with Gasteiger partial charge in [0.15, 0.2) is 0 Å². The standard InChI is InChI=1S/C12H12ClN5S/c1-8(11-7-14-18-12(15-11)19-2)16-17-10-5-3-4-9(13)6-10/h3-7,17H,1-2H3/b16-8+. The molecule has 98 valence electrons. The van der Waals surface area contributed by atoms with E-state index in [-0.39, 0.29) is 0 Å². The fourth-order valence-electron chi connectivity index (χ4n) is 1.31. The van der Waals surface area contributed by atoms with Gasteiger partial charge in [-0.05, 0) is 31.4 Å². The molecule has 0 amide bonds. The molecular weight excluding hydrogens is 282 g/mol. The van der Waals surface area contributed by atoms with Crippen LogP contribution in [0.5, 0.6) is 0 Å². The molecule has 2 aromatic rings. The normalized spacial score (nSPS) is 11.4. The van der Waals surface area contributed by atoms with Gasteiger partial charge in [0.25, 0.3) is 0 Å². The van der Waals surface area contributed by atoms with Crippen molar-refractivity contribution in [2.24, 2.45) is 5.10 Å². The fraction of sp³-hybridized carbons (Fsp3) is 0.167. The molecule has 1 aromatic heterocycles. The molecule has 2 rings (SSSR count). The van der Waals surface area contributed by atoms with Gasteiger partial charge >= 0.3 is 0 Å². The number of halogens is 1. The van der Waals surface area contributed by atoms with Gasteiger partial charge in [0.05, 0.1) is 17.6 Å². The Bertz CT molecular complexity index is 602. The summed E-state index contributed by atoms with van der Waals surface area (Å²) >= 11 is 7.33. The Morgan fingerprint density at radius 3 is 3.00 bits per heavy atom. The molecule has 0 saturated heterocycles. The first-order chi connectivity index (χ1) is 9.19. The zero-order valence-electron chi connectivity index (χ0n) is 10.5. The van der Waals surface area contributed by atoms with Gasteiger partial charge in [-0.15, -0.1) is 5.10 Å². The van der Waals surface area contributed by atoms with E-state index in [2.05, 4.69) is 25.7 Å². The molecule has 7 heteroatoms. The highest BCUT2D eigenvalue weighted by Crippen LogP contribution is 2.15. The van der Waals surface area contributed by atoms with Crippen LogP contribution in [0, 0.1) is 0 Å². The molecule has 1 aromatic carbocycles. The highest BCUT2D eigenvalue weighted by atomic mass is 35.5. The summed E-state index contributed by atoms with van der Waals surface area (Å²) in [6.45, 7) is 1.85. The van der Waals surface area contributed by atoms with E-state index in [1.54, 1.807) is 12.3 Å². The third-order valence-corrected chi connectivity index (χ3v) is 3.04. The second kappa shape index (κ2) is 6.49. The van der Waals surface area contributed by atoms with Gasteiger partial charge in [0, 0.05) is 5.02 Å². The zero-order valence-corrected chi connectivity index (χ0v) is 12.0. The predicted molar refractivity (Wildman–Crippen MR) is 78.9 cm³/mol. The molecule has 0 aliphatic rings. The smallest absolute Gasteiger partial charge is 0.209 e. The van der Waals surface area contributed by atoms with Crippen molar-refractivity contribution in [3.05, 3.63) is 41.2 Å². The second-order valence-electron chi connectivity index (χ2n) is 3.65. The Balaban J connectivity index is 2.14. The molecule has 0 radical (unpaired) electrons. The largest absolute Gasteiger partial charge is 0.278 e. The third kappa shape index (κ3) is 3.90. The van der Waals surface area contributed by atoms with E-state index in [9.17, 15) is 0 Å². The van der Waals surface area contributed by atoms with Gasteiger partial charge < -0.3 is 0 Å². The highest BCUT2D eigenvalue weighted by Gasteiger charge is 2.03. The molecule has 0 bridgehead atoms. The van der Waals surface area contributed by atoms with Crippen LogP contribution in [0.3, 0.4) is 0 Å². The highest BCUT2D eigenvalue weighted by molar-refractivity contribution is 7.98. The average Bonchev–Trinajstić information content (AvgIpc) is 2.45. The van der Waals surface area contributed by atoms with E-state index in [0.29, 0.717) is 15.9 Å². The predicted octanol–water partition coefficient (Wildman–Crippen LogP) is 3.08. The molecule has 0 atom stereocenters. The summed E-state index contributed by atoms with van der Waals surface area (Å²) < 4.78 is 0. The quantitative estimate of drug-likeness (QED) is 0.533. The van der Waals surface area contributed by atoms with Gasteiger partial charge in [-0.3, -0.25) is 5.43 Å². The lowest BCUT2D eigenvalue weighted by molar-refractivity contribution is 0.833. The Labute approximate surface area is 120 Å². The maximum Gasteiger partial charge on any atom is 0.209 e. The summed E-state index contributed by atoms with van der Waals surface area (Å²) in [4.78, 5) is 4.31. The number of anilines is 1. The molecule has 19 heavy (non-hydrogen) atoms. The minimum atomic E-state index is 0.620. The van der Waals surface area contributed by atoms with E-state index in [1.807, 2.05) is 31.4 Å². The van der Waals surface area contributed by atoms with Gasteiger partial charge in [0.1, 0.15) is 5.69 Å². The monoisotopic (exact) mass is 293 g/mol. The summed E-state index contributed by atoms with van der Waals surface area (Å²) in [5.41, 5.74) is 5.16. The van der Waals surface area contributed by atoms with Gasteiger partial charge in [-0.2, -0.15) is 10.2 Å². The molecule has 5 nitrogen and oxygen atoms in total. The Hall–Kier alpha value is -1.66. The molecule has 0 aliphatic heterocycles. The maximum atomic E-state index is 5.89. The van der Waals surface area contributed by atoms with Crippen molar-refractivity contribution in [3.8, 4) is 0 Å². The summed E-state index contributed by atoms with van der Waals surface area (Å²) in [5, 5.41) is 13.3. The number of hydrazone groups is 1. The topological polar surface area (TPSA) is 63.1 Å². The molecule has 0 saturated carbocycles. The minimum Gasteiger partial charge on any atom is -0.278 e. The van der Waals surface area contributed by atoms with E-state index >= 15 is 0 Å².